The summed E-state index contributed by atoms with van der Waals surface area (Å²) >= 11 is 0. The third-order valence-electron chi connectivity index (χ3n) is 6.39. The summed E-state index contributed by atoms with van der Waals surface area (Å²) in [6, 6.07) is 20.5. The van der Waals surface area contributed by atoms with E-state index in [1.54, 1.807) is 0 Å². The van der Waals surface area contributed by atoms with E-state index >= 15 is 0 Å². The molecule has 0 amide bonds. The first kappa shape index (κ1) is 17.7. The first-order chi connectivity index (χ1) is 14.8. The molecular weight excluding hydrogens is 366 g/mol. The molecule has 1 aromatic heterocycles. The molecule has 3 aromatic carbocycles. The summed E-state index contributed by atoms with van der Waals surface area (Å²) in [5, 5.41) is 6.09. The van der Waals surface area contributed by atoms with Gasteiger partial charge in [-0.25, -0.2) is 4.98 Å². The molecule has 1 aliphatic heterocycles. The molecule has 0 unspecified atom stereocenters. The third kappa shape index (κ3) is 3.16. The van der Waals surface area contributed by atoms with Crippen LogP contribution in [0.2, 0.25) is 0 Å². The number of allylic oxidation sites excluding steroid dienone is 4. The summed E-state index contributed by atoms with van der Waals surface area (Å²) in [5.74, 6) is 1.07. The maximum absolute atomic E-state index is 4.80. The van der Waals surface area contributed by atoms with E-state index in [2.05, 4.69) is 83.1 Å². The molecule has 1 fully saturated rings. The molecule has 2 heterocycles. The van der Waals surface area contributed by atoms with Crippen LogP contribution in [0.4, 0.5) is 0 Å². The fourth-order valence-electron chi connectivity index (χ4n) is 4.72. The Bertz CT molecular complexity index is 1300. The van der Waals surface area contributed by atoms with Crippen molar-refractivity contribution in [3.63, 3.8) is 0 Å². The lowest BCUT2D eigenvalue weighted by molar-refractivity contribution is 0.614. The van der Waals surface area contributed by atoms with Crippen molar-refractivity contribution < 1.29 is 0 Å². The zero-order valence-electron chi connectivity index (χ0n) is 17.0. The van der Waals surface area contributed by atoms with Gasteiger partial charge >= 0.3 is 0 Å². The number of aromatic amines is 1. The van der Waals surface area contributed by atoms with E-state index in [0.717, 1.165) is 42.7 Å². The van der Waals surface area contributed by atoms with Crippen molar-refractivity contribution in [2.75, 3.05) is 6.54 Å². The standard InChI is InChI=1S/C27H25N3/c1-2-5-18(6-3-1)19-8-9-21-16-22(11-10-20(21)15-19)23-12-13-24-26(17-23)30-27(29-24)25-7-4-14-28-25/h2,5-6,8-13,15-17,25,28H,1,3-4,7,14H2,(H,29,30)/t25-/m0/s1. The van der Waals surface area contributed by atoms with Crippen molar-refractivity contribution in [2.24, 2.45) is 0 Å². The molecule has 3 nitrogen and oxygen atoms in total. The summed E-state index contributed by atoms with van der Waals surface area (Å²) in [7, 11) is 0. The van der Waals surface area contributed by atoms with E-state index in [9.17, 15) is 0 Å². The predicted molar refractivity (Wildman–Crippen MR) is 125 cm³/mol. The number of rotatable bonds is 3. The van der Waals surface area contributed by atoms with Crippen LogP contribution in [-0.2, 0) is 0 Å². The molecule has 6 rings (SSSR count). The van der Waals surface area contributed by atoms with Gasteiger partial charge in [-0.15, -0.1) is 0 Å². The van der Waals surface area contributed by atoms with E-state index in [-0.39, 0.29) is 0 Å². The highest BCUT2D eigenvalue weighted by Gasteiger charge is 2.19. The van der Waals surface area contributed by atoms with Crippen molar-refractivity contribution in [3.05, 3.63) is 84.2 Å². The number of nitrogens with one attached hydrogen (secondary N) is 2. The Morgan fingerprint density at radius 3 is 2.43 bits per heavy atom. The van der Waals surface area contributed by atoms with E-state index < -0.39 is 0 Å². The minimum Gasteiger partial charge on any atom is -0.341 e. The van der Waals surface area contributed by atoms with Crippen molar-refractivity contribution in [1.29, 1.82) is 0 Å². The predicted octanol–water partition coefficient (Wildman–Crippen LogP) is 6.54. The van der Waals surface area contributed by atoms with Crippen LogP contribution in [-0.4, -0.2) is 16.5 Å². The first-order valence-corrected chi connectivity index (χ1v) is 11.0. The normalized spacial score (nSPS) is 18.9. The summed E-state index contributed by atoms with van der Waals surface area (Å²) < 4.78 is 0. The number of hydrogen-bond acceptors (Lipinski definition) is 2. The highest BCUT2D eigenvalue weighted by molar-refractivity contribution is 5.92. The maximum Gasteiger partial charge on any atom is 0.124 e. The van der Waals surface area contributed by atoms with Crippen LogP contribution in [0.5, 0.6) is 0 Å². The Morgan fingerprint density at radius 2 is 1.63 bits per heavy atom. The number of fused-ring (bicyclic) bond motifs is 2. The second-order valence-corrected chi connectivity index (χ2v) is 8.42. The van der Waals surface area contributed by atoms with Gasteiger partial charge in [-0.05, 0) is 89.5 Å². The van der Waals surface area contributed by atoms with Gasteiger partial charge in [-0.3, -0.25) is 0 Å². The molecule has 4 aromatic rings. The molecule has 0 radical (unpaired) electrons. The van der Waals surface area contributed by atoms with Crippen LogP contribution in [0.3, 0.4) is 0 Å². The molecule has 2 N–H and O–H groups in total. The Balaban J connectivity index is 1.35. The van der Waals surface area contributed by atoms with Gasteiger partial charge in [0.25, 0.3) is 0 Å². The van der Waals surface area contributed by atoms with Gasteiger partial charge in [0.2, 0.25) is 0 Å². The van der Waals surface area contributed by atoms with Crippen LogP contribution < -0.4 is 5.32 Å². The average Bonchev–Trinajstić information content (AvgIpc) is 3.48. The number of nitrogens with zero attached hydrogens (tertiary/aromatic N) is 1. The van der Waals surface area contributed by atoms with Crippen LogP contribution in [0.15, 0.2) is 72.8 Å². The van der Waals surface area contributed by atoms with Crippen molar-refractivity contribution in [1.82, 2.24) is 15.3 Å². The Hall–Kier alpha value is -3.17. The van der Waals surface area contributed by atoms with Crippen LogP contribution in [0.1, 0.15) is 43.1 Å². The van der Waals surface area contributed by atoms with Gasteiger partial charge in [0.1, 0.15) is 5.82 Å². The number of benzene rings is 3. The van der Waals surface area contributed by atoms with Gasteiger partial charge < -0.3 is 10.3 Å². The number of hydrogen-bond donors (Lipinski definition) is 2. The summed E-state index contributed by atoms with van der Waals surface area (Å²) in [4.78, 5) is 8.35. The Morgan fingerprint density at radius 1 is 0.833 bits per heavy atom. The van der Waals surface area contributed by atoms with Crippen molar-refractivity contribution in [2.45, 2.75) is 31.7 Å². The Kier molecular flexibility index (Phi) is 4.28. The molecular formula is C27H25N3. The number of aromatic nitrogens is 2. The largest absolute Gasteiger partial charge is 0.341 e. The minimum atomic E-state index is 0.366. The van der Waals surface area contributed by atoms with E-state index in [0.29, 0.717) is 6.04 Å². The number of H-pyrrole nitrogens is 1. The lowest BCUT2D eigenvalue weighted by Crippen LogP contribution is -2.13. The number of imidazole rings is 1. The maximum atomic E-state index is 4.80. The zero-order valence-corrected chi connectivity index (χ0v) is 17.0. The molecule has 30 heavy (non-hydrogen) atoms. The quantitative estimate of drug-likeness (QED) is 0.416. The fraction of sp³-hybridized carbons (Fsp3) is 0.222. The second-order valence-electron chi connectivity index (χ2n) is 8.42. The fourth-order valence-corrected chi connectivity index (χ4v) is 4.72. The Labute approximate surface area is 176 Å². The lowest BCUT2D eigenvalue weighted by atomic mass is 9.95. The first-order valence-electron chi connectivity index (χ1n) is 11.0. The monoisotopic (exact) mass is 391 g/mol. The van der Waals surface area contributed by atoms with Crippen molar-refractivity contribution >= 4 is 27.4 Å². The van der Waals surface area contributed by atoms with Crippen LogP contribution in [0, 0.1) is 0 Å². The zero-order chi connectivity index (χ0) is 19.9. The molecule has 3 heteroatoms. The lowest BCUT2D eigenvalue weighted by Gasteiger charge is -2.10. The summed E-state index contributed by atoms with van der Waals surface area (Å²) in [6.45, 7) is 1.08. The minimum absolute atomic E-state index is 0.366. The molecule has 1 aliphatic carbocycles. The van der Waals surface area contributed by atoms with Gasteiger partial charge in [0.15, 0.2) is 0 Å². The molecule has 2 aliphatic rings. The molecule has 1 atom stereocenters. The third-order valence-corrected chi connectivity index (χ3v) is 6.39. The molecule has 0 saturated carbocycles. The highest BCUT2D eigenvalue weighted by Crippen LogP contribution is 2.30. The topological polar surface area (TPSA) is 40.7 Å². The van der Waals surface area contributed by atoms with Gasteiger partial charge in [0.05, 0.1) is 17.1 Å². The smallest absolute Gasteiger partial charge is 0.124 e. The molecule has 0 spiro atoms. The average molecular weight is 392 g/mol. The van der Waals surface area contributed by atoms with Crippen molar-refractivity contribution in [3.8, 4) is 11.1 Å². The van der Waals surface area contributed by atoms with Gasteiger partial charge in [-0.2, -0.15) is 0 Å². The summed E-state index contributed by atoms with van der Waals surface area (Å²) in [5.41, 5.74) is 7.26. The van der Waals surface area contributed by atoms with E-state index in [1.807, 2.05) is 0 Å². The van der Waals surface area contributed by atoms with Gasteiger partial charge in [0, 0.05) is 0 Å². The highest BCUT2D eigenvalue weighted by atomic mass is 15.0. The summed E-state index contributed by atoms with van der Waals surface area (Å²) in [6.07, 6.45) is 11.5. The second kappa shape index (κ2) is 7.26. The van der Waals surface area contributed by atoms with Crippen LogP contribution >= 0.6 is 0 Å². The van der Waals surface area contributed by atoms with Crippen LogP contribution in [0.25, 0.3) is 38.5 Å². The SMILES string of the molecule is C1=CC(c2ccc3cc(-c4ccc5nc([C@@H]6CCCN6)[nH]c5c4)ccc3c2)=CCC1. The van der Waals surface area contributed by atoms with E-state index in [1.165, 1.54) is 39.5 Å². The molecule has 148 valence electrons. The molecule has 1 saturated heterocycles. The van der Waals surface area contributed by atoms with E-state index in [4.69, 9.17) is 4.98 Å². The van der Waals surface area contributed by atoms with Gasteiger partial charge in [-0.1, -0.05) is 48.6 Å². The molecule has 0 bridgehead atoms.